The van der Waals surface area contributed by atoms with Crippen molar-refractivity contribution in [1.29, 1.82) is 0 Å². The highest BCUT2D eigenvalue weighted by Gasteiger charge is 2.43. The second-order valence-electron chi connectivity index (χ2n) is 5.39. The standard InChI is InChI=1S/C14H16ClN3O2/c15-10-2-3-12-17-11(8-18(12)7-10)6-16-9-14(13(19)20)4-1-5-14/h2-3,7-8,16H,1,4-6,9H2,(H,19,20). The maximum atomic E-state index is 11.2. The highest BCUT2D eigenvalue weighted by atomic mass is 35.5. The van der Waals surface area contributed by atoms with Crippen LogP contribution in [0.5, 0.6) is 0 Å². The van der Waals surface area contributed by atoms with Crippen molar-refractivity contribution in [2.75, 3.05) is 6.54 Å². The quantitative estimate of drug-likeness (QED) is 0.888. The van der Waals surface area contributed by atoms with E-state index in [0.717, 1.165) is 30.6 Å². The zero-order valence-electron chi connectivity index (χ0n) is 11.0. The van der Waals surface area contributed by atoms with E-state index < -0.39 is 11.4 Å². The molecule has 2 heterocycles. The summed E-state index contributed by atoms with van der Waals surface area (Å²) in [6, 6.07) is 3.66. The number of carbonyl (C=O) groups is 1. The number of carboxylic acid groups (broad SMARTS) is 1. The van der Waals surface area contributed by atoms with E-state index >= 15 is 0 Å². The fourth-order valence-corrected chi connectivity index (χ4v) is 2.77. The predicted molar refractivity (Wildman–Crippen MR) is 75.8 cm³/mol. The molecule has 2 N–H and O–H groups in total. The number of imidazole rings is 1. The molecule has 0 spiro atoms. The zero-order chi connectivity index (χ0) is 14.2. The predicted octanol–water partition coefficient (Wildman–Crippen LogP) is 2.33. The van der Waals surface area contributed by atoms with Gasteiger partial charge in [-0.15, -0.1) is 0 Å². The van der Waals surface area contributed by atoms with Crippen LogP contribution in [0.25, 0.3) is 5.65 Å². The first-order valence-corrected chi connectivity index (χ1v) is 7.04. The van der Waals surface area contributed by atoms with Gasteiger partial charge in [-0.2, -0.15) is 0 Å². The van der Waals surface area contributed by atoms with Crippen LogP contribution in [0.1, 0.15) is 25.0 Å². The highest BCUT2D eigenvalue weighted by Crippen LogP contribution is 2.40. The fourth-order valence-electron chi connectivity index (χ4n) is 2.60. The number of fused-ring (bicyclic) bond motifs is 1. The molecular formula is C14H16ClN3O2. The summed E-state index contributed by atoms with van der Waals surface area (Å²) >= 11 is 5.92. The zero-order valence-corrected chi connectivity index (χ0v) is 11.7. The van der Waals surface area contributed by atoms with Crippen LogP contribution in [-0.2, 0) is 11.3 Å². The molecule has 1 fully saturated rings. The largest absolute Gasteiger partial charge is 0.481 e. The summed E-state index contributed by atoms with van der Waals surface area (Å²) in [5.74, 6) is -0.696. The molecule has 1 aliphatic carbocycles. The third-order valence-electron chi connectivity index (χ3n) is 4.00. The Labute approximate surface area is 121 Å². The normalized spacial score (nSPS) is 17.1. The molecule has 0 bridgehead atoms. The van der Waals surface area contributed by atoms with Gasteiger partial charge < -0.3 is 14.8 Å². The van der Waals surface area contributed by atoms with Crippen LogP contribution in [0.2, 0.25) is 5.02 Å². The van der Waals surface area contributed by atoms with E-state index in [1.54, 1.807) is 12.3 Å². The van der Waals surface area contributed by atoms with Crippen molar-refractivity contribution < 1.29 is 9.90 Å². The van der Waals surface area contributed by atoms with Crippen molar-refractivity contribution in [1.82, 2.24) is 14.7 Å². The molecule has 1 aliphatic rings. The van der Waals surface area contributed by atoms with Crippen molar-refractivity contribution in [3.8, 4) is 0 Å². The summed E-state index contributed by atoms with van der Waals surface area (Å²) in [5, 5.41) is 13.1. The van der Waals surface area contributed by atoms with Gasteiger partial charge in [0.15, 0.2) is 0 Å². The third kappa shape index (κ3) is 2.39. The molecule has 0 aliphatic heterocycles. The average Bonchev–Trinajstić information content (AvgIpc) is 2.73. The molecule has 0 aromatic carbocycles. The number of halogens is 1. The molecular weight excluding hydrogens is 278 g/mol. The first kappa shape index (κ1) is 13.4. The molecule has 5 nitrogen and oxygen atoms in total. The Balaban J connectivity index is 1.64. The summed E-state index contributed by atoms with van der Waals surface area (Å²) in [6.45, 7) is 1.06. The molecule has 2 aromatic rings. The lowest BCUT2D eigenvalue weighted by atomic mass is 9.69. The minimum Gasteiger partial charge on any atom is -0.481 e. The van der Waals surface area contributed by atoms with E-state index in [9.17, 15) is 9.90 Å². The second kappa shape index (κ2) is 5.07. The molecule has 2 aromatic heterocycles. The smallest absolute Gasteiger partial charge is 0.310 e. The molecule has 0 radical (unpaired) electrons. The van der Waals surface area contributed by atoms with Gasteiger partial charge >= 0.3 is 5.97 Å². The molecule has 20 heavy (non-hydrogen) atoms. The number of hydrogen-bond donors (Lipinski definition) is 2. The van der Waals surface area contributed by atoms with Gasteiger partial charge in [0.25, 0.3) is 0 Å². The molecule has 6 heteroatoms. The van der Waals surface area contributed by atoms with E-state index in [-0.39, 0.29) is 0 Å². The Hall–Kier alpha value is -1.59. The van der Waals surface area contributed by atoms with Crippen LogP contribution in [0.4, 0.5) is 0 Å². The SMILES string of the molecule is O=C(O)C1(CNCc2cn3cc(Cl)ccc3n2)CCC1. The van der Waals surface area contributed by atoms with Gasteiger partial charge in [-0.05, 0) is 25.0 Å². The first-order valence-electron chi connectivity index (χ1n) is 6.66. The Kier molecular flexibility index (Phi) is 3.40. The molecule has 0 saturated heterocycles. The maximum absolute atomic E-state index is 11.2. The number of aromatic nitrogens is 2. The summed E-state index contributed by atoms with van der Waals surface area (Å²) in [5.41, 5.74) is 1.15. The van der Waals surface area contributed by atoms with Crippen LogP contribution in [0, 0.1) is 5.41 Å². The van der Waals surface area contributed by atoms with E-state index in [0.29, 0.717) is 18.1 Å². The molecule has 0 amide bonds. The minimum absolute atomic E-state index is 0.497. The van der Waals surface area contributed by atoms with Gasteiger partial charge in [0, 0.05) is 25.5 Å². The highest BCUT2D eigenvalue weighted by molar-refractivity contribution is 6.30. The number of hydrogen-bond acceptors (Lipinski definition) is 3. The number of nitrogens with one attached hydrogen (secondary N) is 1. The fraction of sp³-hybridized carbons (Fsp3) is 0.429. The van der Waals surface area contributed by atoms with Crippen LogP contribution in [0.15, 0.2) is 24.5 Å². The van der Waals surface area contributed by atoms with E-state index in [4.69, 9.17) is 11.6 Å². The Morgan fingerprint density at radius 1 is 1.45 bits per heavy atom. The number of rotatable bonds is 5. The summed E-state index contributed by atoms with van der Waals surface area (Å²) in [6.07, 6.45) is 6.23. The topological polar surface area (TPSA) is 66.6 Å². The van der Waals surface area contributed by atoms with Gasteiger partial charge in [0.2, 0.25) is 0 Å². The molecule has 0 atom stereocenters. The van der Waals surface area contributed by atoms with Gasteiger partial charge in [-0.1, -0.05) is 18.0 Å². The lowest BCUT2D eigenvalue weighted by Gasteiger charge is -2.37. The Morgan fingerprint density at radius 3 is 2.90 bits per heavy atom. The molecule has 0 unspecified atom stereocenters. The van der Waals surface area contributed by atoms with Gasteiger partial charge in [-0.3, -0.25) is 4.79 Å². The molecule has 3 rings (SSSR count). The van der Waals surface area contributed by atoms with Crippen LogP contribution in [-0.4, -0.2) is 27.0 Å². The average molecular weight is 294 g/mol. The second-order valence-corrected chi connectivity index (χ2v) is 5.82. The van der Waals surface area contributed by atoms with Crippen molar-refractivity contribution >= 4 is 23.2 Å². The lowest BCUT2D eigenvalue weighted by Crippen LogP contribution is -2.46. The van der Waals surface area contributed by atoms with Crippen LogP contribution < -0.4 is 5.32 Å². The maximum Gasteiger partial charge on any atom is 0.310 e. The third-order valence-corrected chi connectivity index (χ3v) is 4.22. The van der Waals surface area contributed by atoms with Crippen molar-refractivity contribution in [3.05, 3.63) is 35.2 Å². The summed E-state index contributed by atoms with van der Waals surface area (Å²) < 4.78 is 1.87. The van der Waals surface area contributed by atoms with E-state index in [1.807, 2.05) is 16.7 Å². The van der Waals surface area contributed by atoms with E-state index in [2.05, 4.69) is 10.3 Å². The monoisotopic (exact) mass is 293 g/mol. The van der Waals surface area contributed by atoms with Gasteiger partial charge in [0.1, 0.15) is 5.65 Å². The van der Waals surface area contributed by atoms with Crippen LogP contribution in [0.3, 0.4) is 0 Å². The number of pyridine rings is 1. The summed E-state index contributed by atoms with van der Waals surface area (Å²) in [7, 11) is 0. The number of aliphatic carboxylic acids is 1. The minimum atomic E-state index is -0.696. The van der Waals surface area contributed by atoms with Crippen molar-refractivity contribution in [2.45, 2.75) is 25.8 Å². The van der Waals surface area contributed by atoms with Crippen molar-refractivity contribution in [2.24, 2.45) is 5.41 Å². The Morgan fingerprint density at radius 2 is 2.25 bits per heavy atom. The van der Waals surface area contributed by atoms with E-state index in [1.165, 1.54) is 0 Å². The first-order chi connectivity index (χ1) is 9.59. The number of carboxylic acids is 1. The molecule has 1 saturated carbocycles. The lowest BCUT2D eigenvalue weighted by molar-refractivity contribution is -0.154. The number of nitrogens with zero attached hydrogens (tertiary/aromatic N) is 2. The van der Waals surface area contributed by atoms with Gasteiger partial charge in [0.05, 0.1) is 16.1 Å². The van der Waals surface area contributed by atoms with Crippen molar-refractivity contribution in [3.63, 3.8) is 0 Å². The molecule has 106 valence electrons. The van der Waals surface area contributed by atoms with Crippen LogP contribution >= 0.6 is 11.6 Å². The summed E-state index contributed by atoms with van der Waals surface area (Å²) in [4.78, 5) is 15.7. The van der Waals surface area contributed by atoms with Gasteiger partial charge in [-0.25, -0.2) is 4.98 Å². The Bertz CT molecular complexity index is 649.